The zero-order valence-corrected chi connectivity index (χ0v) is 15.6. The molecule has 0 fully saturated rings. The Kier molecular flexibility index (Phi) is 3.93. The van der Waals surface area contributed by atoms with Gasteiger partial charge in [0, 0.05) is 7.05 Å². The summed E-state index contributed by atoms with van der Waals surface area (Å²) in [5.74, 6) is 0.586. The van der Waals surface area contributed by atoms with Gasteiger partial charge in [-0.2, -0.15) is 10.1 Å². The molecule has 25 heavy (non-hydrogen) atoms. The SMILES string of the molecule is C=C(C)Cn1c(=O)c2c(nc3n2[C@@H](C)C(C)=NN3C(C)C)n(C)c1=O. The first-order valence-electron chi connectivity index (χ1n) is 8.35. The fourth-order valence-electron chi connectivity index (χ4n) is 3.10. The number of fused-ring (bicyclic) bond motifs is 3. The lowest BCUT2D eigenvalue weighted by Crippen LogP contribution is -2.41. The summed E-state index contributed by atoms with van der Waals surface area (Å²) in [6.45, 7) is 13.7. The van der Waals surface area contributed by atoms with Crippen molar-refractivity contribution in [1.29, 1.82) is 0 Å². The van der Waals surface area contributed by atoms with Crippen LogP contribution in [0.3, 0.4) is 0 Å². The third kappa shape index (κ3) is 2.43. The van der Waals surface area contributed by atoms with Gasteiger partial charge in [0.2, 0.25) is 5.95 Å². The fraction of sp³-hybridized carbons (Fsp3) is 0.529. The van der Waals surface area contributed by atoms with Crippen molar-refractivity contribution in [3.05, 3.63) is 33.0 Å². The molecule has 3 heterocycles. The zero-order valence-electron chi connectivity index (χ0n) is 15.6. The molecule has 2 aromatic heterocycles. The molecule has 134 valence electrons. The summed E-state index contributed by atoms with van der Waals surface area (Å²) in [4.78, 5) is 30.3. The molecule has 0 spiro atoms. The van der Waals surface area contributed by atoms with E-state index in [1.165, 1.54) is 9.13 Å². The maximum absolute atomic E-state index is 13.1. The summed E-state index contributed by atoms with van der Waals surface area (Å²) in [5, 5.41) is 6.40. The predicted octanol–water partition coefficient (Wildman–Crippen LogP) is 1.64. The van der Waals surface area contributed by atoms with E-state index in [1.54, 1.807) is 19.0 Å². The molecule has 8 heteroatoms. The van der Waals surface area contributed by atoms with Gasteiger partial charge >= 0.3 is 5.69 Å². The Labute approximate surface area is 145 Å². The lowest BCUT2D eigenvalue weighted by molar-refractivity contribution is 0.595. The Balaban J connectivity index is 2.45. The molecule has 1 aliphatic heterocycles. The molecule has 1 aliphatic rings. The van der Waals surface area contributed by atoms with E-state index in [2.05, 4.69) is 16.7 Å². The molecule has 0 saturated heterocycles. The van der Waals surface area contributed by atoms with Crippen LogP contribution in [0.25, 0.3) is 11.2 Å². The monoisotopic (exact) mass is 344 g/mol. The smallest absolute Gasteiger partial charge is 0.294 e. The van der Waals surface area contributed by atoms with E-state index in [0.717, 1.165) is 11.3 Å². The highest BCUT2D eigenvalue weighted by Crippen LogP contribution is 2.30. The van der Waals surface area contributed by atoms with E-state index in [-0.39, 0.29) is 24.2 Å². The van der Waals surface area contributed by atoms with Crippen LogP contribution in [0.2, 0.25) is 0 Å². The van der Waals surface area contributed by atoms with Crippen LogP contribution in [-0.4, -0.2) is 30.4 Å². The molecule has 8 nitrogen and oxygen atoms in total. The van der Waals surface area contributed by atoms with Gasteiger partial charge in [-0.1, -0.05) is 12.2 Å². The minimum Gasteiger partial charge on any atom is -0.294 e. The van der Waals surface area contributed by atoms with Crippen molar-refractivity contribution in [2.75, 3.05) is 5.01 Å². The second-order valence-corrected chi connectivity index (χ2v) is 7.00. The number of nitrogens with zero attached hydrogens (tertiary/aromatic N) is 6. The number of hydrogen-bond donors (Lipinski definition) is 0. The highest BCUT2D eigenvalue weighted by atomic mass is 16.2. The number of hydrazone groups is 1. The number of hydrogen-bond acceptors (Lipinski definition) is 5. The van der Waals surface area contributed by atoms with Gasteiger partial charge in [0.1, 0.15) is 0 Å². The molecule has 0 bridgehead atoms. The van der Waals surface area contributed by atoms with E-state index in [1.807, 2.05) is 32.3 Å². The predicted molar refractivity (Wildman–Crippen MR) is 99.5 cm³/mol. The van der Waals surface area contributed by atoms with Crippen molar-refractivity contribution in [2.45, 2.75) is 53.2 Å². The van der Waals surface area contributed by atoms with Crippen LogP contribution in [0.5, 0.6) is 0 Å². The third-order valence-electron chi connectivity index (χ3n) is 4.54. The van der Waals surface area contributed by atoms with Gasteiger partial charge in [0.25, 0.3) is 5.56 Å². The lowest BCUT2D eigenvalue weighted by atomic mass is 10.2. The number of aromatic nitrogens is 4. The number of allylic oxidation sites excluding steroid dienone is 1. The average Bonchev–Trinajstić information content (AvgIpc) is 2.93. The molecule has 0 saturated carbocycles. The average molecular weight is 344 g/mol. The second kappa shape index (κ2) is 5.72. The zero-order chi connectivity index (χ0) is 18.6. The summed E-state index contributed by atoms with van der Waals surface area (Å²) in [6, 6.07) is -0.0360. The third-order valence-corrected chi connectivity index (χ3v) is 4.54. The molecule has 3 rings (SSSR count). The van der Waals surface area contributed by atoms with E-state index >= 15 is 0 Å². The summed E-state index contributed by atoms with van der Waals surface area (Å²) in [6.07, 6.45) is 0. The minimum atomic E-state index is -0.391. The Morgan fingerprint density at radius 3 is 2.52 bits per heavy atom. The number of rotatable bonds is 3. The van der Waals surface area contributed by atoms with Crippen LogP contribution >= 0.6 is 0 Å². The molecule has 0 N–H and O–H groups in total. The van der Waals surface area contributed by atoms with Gasteiger partial charge in [-0.25, -0.2) is 9.80 Å². The van der Waals surface area contributed by atoms with Crippen LogP contribution in [0.1, 0.15) is 40.7 Å². The maximum atomic E-state index is 13.1. The van der Waals surface area contributed by atoms with Crippen LogP contribution < -0.4 is 16.3 Å². The summed E-state index contributed by atoms with van der Waals surface area (Å²) >= 11 is 0. The molecule has 0 aliphatic carbocycles. The van der Waals surface area contributed by atoms with Crippen LogP contribution in [-0.2, 0) is 13.6 Å². The summed E-state index contributed by atoms with van der Waals surface area (Å²) < 4.78 is 4.52. The van der Waals surface area contributed by atoms with E-state index in [9.17, 15) is 9.59 Å². The van der Waals surface area contributed by atoms with Crippen molar-refractivity contribution in [1.82, 2.24) is 18.7 Å². The van der Waals surface area contributed by atoms with Crippen molar-refractivity contribution >= 4 is 22.8 Å². The molecule has 2 aromatic rings. The van der Waals surface area contributed by atoms with Crippen molar-refractivity contribution in [3.63, 3.8) is 0 Å². The molecular formula is C17H24N6O2. The molecule has 0 amide bonds. The first kappa shape index (κ1) is 17.2. The molecular weight excluding hydrogens is 320 g/mol. The first-order valence-corrected chi connectivity index (χ1v) is 8.35. The number of aryl methyl sites for hydroxylation is 1. The summed E-state index contributed by atoms with van der Waals surface area (Å²) in [7, 11) is 1.64. The maximum Gasteiger partial charge on any atom is 0.332 e. The number of anilines is 1. The van der Waals surface area contributed by atoms with Crippen LogP contribution in [0.15, 0.2) is 26.8 Å². The van der Waals surface area contributed by atoms with Crippen LogP contribution in [0, 0.1) is 0 Å². The van der Waals surface area contributed by atoms with Crippen molar-refractivity contribution < 1.29 is 0 Å². The van der Waals surface area contributed by atoms with Gasteiger partial charge in [0.05, 0.1) is 24.3 Å². The molecule has 0 unspecified atom stereocenters. The second-order valence-electron chi connectivity index (χ2n) is 7.00. The van der Waals surface area contributed by atoms with E-state index < -0.39 is 5.69 Å². The minimum absolute atomic E-state index is 0.0766. The Morgan fingerprint density at radius 2 is 1.96 bits per heavy atom. The Bertz CT molecular complexity index is 1020. The van der Waals surface area contributed by atoms with Gasteiger partial charge in [-0.3, -0.25) is 18.5 Å². The van der Waals surface area contributed by atoms with Gasteiger partial charge < -0.3 is 0 Å². The van der Waals surface area contributed by atoms with Gasteiger partial charge in [-0.15, -0.1) is 0 Å². The van der Waals surface area contributed by atoms with E-state index in [0.29, 0.717) is 17.1 Å². The Morgan fingerprint density at radius 1 is 1.32 bits per heavy atom. The highest BCUT2D eigenvalue weighted by molar-refractivity contribution is 5.91. The van der Waals surface area contributed by atoms with Gasteiger partial charge in [-0.05, 0) is 34.6 Å². The Hall–Kier alpha value is -2.64. The standard InChI is InChI=1S/C17H24N6O2/c1-9(2)8-21-15(24)13-14(20(7)17(21)25)18-16-22(13)12(6)11(5)19-23(16)10(3)4/h10,12H,1,8H2,2-7H3/t12-/m0/s1. The molecule has 0 aromatic carbocycles. The quantitative estimate of drug-likeness (QED) is 0.793. The van der Waals surface area contributed by atoms with Crippen molar-refractivity contribution in [3.8, 4) is 0 Å². The molecule has 0 radical (unpaired) electrons. The van der Waals surface area contributed by atoms with Crippen molar-refractivity contribution in [2.24, 2.45) is 12.1 Å². The topological polar surface area (TPSA) is 77.4 Å². The van der Waals surface area contributed by atoms with Crippen LogP contribution in [0.4, 0.5) is 5.95 Å². The first-order chi connectivity index (χ1) is 11.6. The van der Waals surface area contributed by atoms with E-state index in [4.69, 9.17) is 0 Å². The lowest BCUT2D eigenvalue weighted by Gasteiger charge is -2.31. The highest BCUT2D eigenvalue weighted by Gasteiger charge is 2.31. The van der Waals surface area contributed by atoms with Gasteiger partial charge in [0.15, 0.2) is 11.2 Å². The molecule has 1 atom stereocenters. The number of imidazole rings is 1. The largest absolute Gasteiger partial charge is 0.332 e. The normalized spacial score (nSPS) is 17.2. The summed E-state index contributed by atoms with van der Waals surface area (Å²) in [5.41, 5.74) is 1.70. The fourth-order valence-corrected chi connectivity index (χ4v) is 3.10.